The van der Waals surface area contributed by atoms with Crippen molar-refractivity contribution in [1.82, 2.24) is 10.4 Å². The van der Waals surface area contributed by atoms with Crippen molar-refractivity contribution in [3.05, 3.63) is 75.8 Å². The molecule has 210 valence electrons. The Balaban J connectivity index is 1.51. The summed E-state index contributed by atoms with van der Waals surface area (Å²) in [5, 5.41) is 13.5. The molecule has 2 aromatic carbocycles. The average Bonchev–Trinajstić information content (AvgIpc) is 3.51. The molecule has 1 N–H and O–H groups in total. The van der Waals surface area contributed by atoms with Gasteiger partial charge in [0.05, 0.1) is 18.5 Å². The summed E-state index contributed by atoms with van der Waals surface area (Å²) >= 11 is 0. The van der Waals surface area contributed by atoms with E-state index in [1.807, 2.05) is 0 Å². The lowest BCUT2D eigenvalue weighted by Crippen LogP contribution is -2.57. The number of ether oxygens (including phenoxy) is 4. The number of nitrogens with zero attached hydrogens (tertiary/aromatic N) is 2. The van der Waals surface area contributed by atoms with Crippen LogP contribution >= 0.6 is 0 Å². The lowest BCUT2D eigenvalue weighted by atomic mass is 10.1. The number of nitro groups is 1. The standard InChI is InChI=1S/C25H23N3O12/c1-36-22(31)20-19(26-24(33)38-14-15-5-3-2-4-6-15)21(30)27(40-20)25(12-11-18(29)39-25)23(32)37-13-16-7-9-17(10-8-16)28(34)35/h2-10,19-20H,11-14H2,1H3,(H,26,33)/t19-,20-,25?/m0/s1. The number of non-ortho nitro benzene ring substituents is 1. The zero-order chi connectivity index (χ0) is 28.9. The van der Waals surface area contributed by atoms with Gasteiger partial charge in [-0.1, -0.05) is 30.3 Å². The minimum atomic E-state index is -2.41. The Hall–Kier alpha value is -5.05. The molecule has 0 aliphatic carbocycles. The fraction of sp³-hybridized carbons (Fsp3) is 0.320. The van der Waals surface area contributed by atoms with Crippen LogP contribution in [-0.4, -0.2) is 64.9 Å². The van der Waals surface area contributed by atoms with E-state index in [0.717, 1.165) is 7.11 Å². The van der Waals surface area contributed by atoms with Crippen LogP contribution in [-0.2, 0) is 56.2 Å². The van der Waals surface area contributed by atoms with Crippen LogP contribution in [0, 0.1) is 10.1 Å². The van der Waals surface area contributed by atoms with Crippen molar-refractivity contribution in [3.63, 3.8) is 0 Å². The van der Waals surface area contributed by atoms with Crippen molar-refractivity contribution in [2.75, 3.05) is 7.11 Å². The molecule has 15 nitrogen and oxygen atoms in total. The number of hydroxylamine groups is 2. The first kappa shape index (κ1) is 28.0. The van der Waals surface area contributed by atoms with Crippen LogP contribution in [0.5, 0.6) is 0 Å². The highest BCUT2D eigenvalue weighted by molar-refractivity contribution is 5.98. The minimum absolute atomic E-state index is 0.141. The van der Waals surface area contributed by atoms with Crippen LogP contribution in [0.1, 0.15) is 24.0 Å². The van der Waals surface area contributed by atoms with Gasteiger partial charge in [-0.25, -0.2) is 19.2 Å². The fourth-order valence-electron chi connectivity index (χ4n) is 3.98. The predicted molar refractivity (Wildman–Crippen MR) is 128 cm³/mol. The summed E-state index contributed by atoms with van der Waals surface area (Å²) < 4.78 is 20.3. The second-order valence-electron chi connectivity index (χ2n) is 8.62. The van der Waals surface area contributed by atoms with Crippen LogP contribution in [0.4, 0.5) is 10.5 Å². The highest BCUT2D eigenvalue weighted by Gasteiger charge is 2.63. The first-order valence-electron chi connectivity index (χ1n) is 11.8. The third kappa shape index (κ3) is 5.83. The van der Waals surface area contributed by atoms with Crippen molar-refractivity contribution in [2.45, 2.75) is 43.9 Å². The van der Waals surface area contributed by atoms with Crippen LogP contribution in [0.3, 0.4) is 0 Å². The number of hydrogen-bond acceptors (Lipinski definition) is 12. The molecule has 0 spiro atoms. The number of esters is 3. The summed E-state index contributed by atoms with van der Waals surface area (Å²) in [5.74, 6) is -4.23. The zero-order valence-electron chi connectivity index (χ0n) is 21.0. The summed E-state index contributed by atoms with van der Waals surface area (Å²) in [6.45, 7) is -0.538. The SMILES string of the molecule is COC(=O)[C@H]1ON(C2(C(=O)OCc3ccc([N+](=O)[O-])cc3)CCC(=O)O2)C(=O)[C@H]1NC(=O)OCc1ccccc1. The van der Waals surface area contributed by atoms with Crippen LogP contribution in [0.25, 0.3) is 0 Å². The molecule has 40 heavy (non-hydrogen) atoms. The van der Waals surface area contributed by atoms with E-state index in [-0.39, 0.29) is 25.1 Å². The largest absolute Gasteiger partial charge is 0.467 e. The number of nitro benzene ring substituents is 1. The number of alkyl carbamates (subject to hydrolysis) is 1. The molecule has 15 heteroatoms. The Bertz CT molecular complexity index is 1320. The lowest BCUT2D eigenvalue weighted by molar-refractivity contribution is -0.384. The molecule has 2 aliphatic heterocycles. The van der Waals surface area contributed by atoms with E-state index < -0.39 is 59.3 Å². The number of nitrogens with one attached hydrogen (secondary N) is 1. The van der Waals surface area contributed by atoms with Gasteiger partial charge in [0.1, 0.15) is 13.2 Å². The van der Waals surface area contributed by atoms with E-state index in [1.54, 1.807) is 30.3 Å². The molecule has 2 aliphatic rings. The maximum Gasteiger partial charge on any atom is 0.408 e. The van der Waals surface area contributed by atoms with Gasteiger partial charge in [-0.3, -0.25) is 19.7 Å². The van der Waals surface area contributed by atoms with Gasteiger partial charge in [0.25, 0.3) is 11.6 Å². The molecule has 2 saturated heterocycles. The number of methoxy groups -OCH3 is 1. The van der Waals surface area contributed by atoms with Crippen LogP contribution in [0.15, 0.2) is 54.6 Å². The van der Waals surface area contributed by atoms with E-state index in [2.05, 4.69) is 10.1 Å². The first-order chi connectivity index (χ1) is 19.1. The number of amides is 2. The number of cyclic esters (lactones) is 1. The second-order valence-corrected chi connectivity index (χ2v) is 8.62. The summed E-state index contributed by atoms with van der Waals surface area (Å²) in [6.07, 6.45) is -3.49. The molecule has 2 amide bonds. The smallest absolute Gasteiger partial charge is 0.408 e. The zero-order valence-corrected chi connectivity index (χ0v) is 21.0. The highest BCUT2D eigenvalue weighted by Crippen LogP contribution is 2.37. The van der Waals surface area contributed by atoms with Crippen molar-refractivity contribution in [3.8, 4) is 0 Å². The summed E-state index contributed by atoms with van der Waals surface area (Å²) in [4.78, 5) is 79.3. The highest BCUT2D eigenvalue weighted by atomic mass is 16.8. The predicted octanol–water partition coefficient (Wildman–Crippen LogP) is 1.28. The van der Waals surface area contributed by atoms with Gasteiger partial charge in [-0.15, -0.1) is 0 Å². The second kappa shape index (κ2) is 11.8. The Labute approximate surface area is 226 Å². The van der Waals surface area contributed by atoms with Gasteiger partial charge in [0, 0.05) is 18.6 Å². The average molecular weight is 557 g/mol. The maximum atomic E-state index is 13.4. The normalized spacial score (nSPS) is 21.9. The number of carbonyl (C=O) groups is 5. The third-order valence-corrected chi connectivity index (χ3v) is 6.02. The molecular formula is C25H23N3O12. The minimum Gasteiger partial charge on any atom is -0.467 e. The maximum absolute atomic E-state index is 13.4. The topological polar surface area (TPSA) is 190 Å². The summed E-state index contributed by atoms with van der Waals surface area (Å²) in [6, 6.07) is 12.1. The van der Waals surface area contributed by atoms with Gasteiger partial charge in [-0.05, 0) is 23.3 Å². The monoisotopic (exact) mass is 557 g/mol. The molecule has 2 aromatic rings. The molecule has 0 radical (unpaired) electrons. The Kier molecular flexibility index (Phi) is 8.23. The molecule has 4 rings (SSSR count). The van der Waals surface area contributed by atoms with E-state index in [4.69, 9.17) is 19.0 Å². The van der Waals surface area contributed by atoms with E-state index in [1.165, 1.54) is 24.3 Å². The van der Waals surface area contributed by atoms with Crippen molar-refractivity contribution < 1.29 is 52.7 Å². The summed E-state index contributed by atoms with van der Waals surface area (Å²) in [7, 11) is 1.02. The Morgan fingerprint density at radius 1 is 1.05 bits per heavy atom. The van der Waals surface area contributed by atoms with Crippen molar-refractivity contribution in [2.24, 2.45) is 0 Å². The molecule has 1 unspecified atom stereocenters. The molecule has 0 saturated carbocycles. The molecule has 2 heterocycles. The number of carbonyl (C=O) groups excluding carboxylic acids is 5. The molecule has 3 atom stereocenters. The van der Waals surface area contributed by atoms with E-state index in [9.17, 15) is 34.1 Å². The van der Waals surface area contributed by atoms with Crippen molar-refractivity contribution in [1.29, 1.82) is 0 Å². The van der Waals surface area contributed by atoms with Gasteiger partial charge in [-0.2, -0.15) is 5.06 Å². The summed E-state index contributed by atoms with van der Waals surface area (Å²) in [5.41, 5.74) is -1.57. The van der Waals surface area contributed by atoms with Crippen LogP contribution < -0.4 is 5.32 Å². The van der Waals surface area contributed by atoms with Gasteiger partial charge >= 0.3 is 29.7 Å². The lowest BCUT2D eigenvalue weighted by Gasteiger charge is -2.32. The Morgan fingerprint density at radius 3 is 2.30 bits per heavy atom. The quantitative estimate of drug-likeness (QED) is 0.201. The van der Waals surface area contributed by atoms with Crippen LogP contribution in [0.2, 0.25) is 0 Å². The molecular weight excluding hydrogens is 534 g/mol. The fourth-order valence-corrected chi connectivity index (χ4v) is 3.98. The number of benzene rings is 2. The molecule has 0 aromatic heterocycles. The third-order valence-electron chi connectivity index (χ3n) is 6.02. The van der Waals surface area contributed by atoms with Crippen molar-refractivity contribution >= 4 is 35.6 Å². The molecule has 0 bridgehead atoms. The van der Waals surface area contributed by atoms with Gasteiger partial charge in [0.15, 0.2) is 6.04 Å². The van der Waals surface area contributed by atoms with E-state index in [0.29, 0.717) is 16.2 Å². The first-order valence-corrected chi connectivity index (χ1v) is 11.8. The number of rotatable bonds is 9. The van der Waals surface area contributed by atoms with Gasteiger partial charge < -0.3 is 24.3 Å². The Morgan fingerprint density at radius 2 is 1.70 bits per heavy atom. The van der Waals surface area contributed by atoms with Gasteiger partial charge in [0.2, 0.25) is 6.10 Å². The number of hydrogen-bond donors (Lipinski definition) is 1. The molecule has 2 fully saturated rings. The van der Waals surface area contributed by atoms with E-state index >= 15 is 0 Å².